The van der Waals surface area contributed by atoms with Gasteiger partial charge in [-0.1, -0.05) is 18.5 Å². The number of amides is 1. The number of carbonyl (C=O) groups excluding carboxylic acids is 1. The van der Waals surface area contributed by atoms with Crippen LogP contribution in [0.5, 0.6) is 0 Å². The second-order valence-electron chi connectivity index (χ2n) is 3.99. The summed E-state index contributed by atoms with van der Waals surface area (Å²) in [5, 5.41) is 11.7. The van der Waals surface area contributed by atoms with E-state index in [1.807, 2.05) is 6.92 Å². The Balaban J connectivity index is 2.52. The van der Waals surface area contributed by atoms with Crippen molar-refractivity contribution < 1.29 is 14.7 Å². The minimum absolute atomic E-state index is 0.0526. The number of aromatic nitrogens is 1. The van der Waals surface area contributed by atoms with Crippen LogP contribution in [-0.2, 0) is 11.3 Å². The number of carboxylic acids is 1. The van der Waals surface area contributed by atoms with Gasteiger partial charge in [-0.3, -0.25) is 9.59 Å². The summed E-state index contributed by atoms with van der Waals surface area (Å²) in [6.07, 6.45) is 3.10. The molecule has 1 aromatic rings. The van der Waals surface area contributed by atoms with Crippen molar-refractivity contribution in [2.75, 3.05) is 6.54 Å². The summed E-state index contributed by atoms with van der Waals surface area (Å²) < 4.78 is 1.80. The van der Waals surface area contributed by atoms with E-state index in [0.717, 1.165) is 13.0 Å². The van der Waals surface area contributed by atoms with Crippen molar-refractivity contribution in [3.05, 3.63) is 23.0 Å². The molecular formula is C12H17ClN2O3. The highest BCUT2D eigenvalue weighted by atomic mass is 35.5. The largest absolute Gasteiger partial charge is 0.481 e. The van der Waals surface area contributed by atoms with Gasteiger partial charge in [-0.25, -0.2) is 0 Å². The first kappa shape index (κ1) is 14.6. The lowest BCUT2D eigenvalue weighted by Gasteiger charge is -2.08. The smallest absolute Gasteiger partial charge is 0.303 e. The van der Waals surface area contributed by atoms with E-state index in [2.05, 4.69) is 5.32 Å². The number of carbonyl (C=O) groups is 2. The molecule has 0 unspecified atom stereocenters. The van der Waals surface area contributed by atoms with Crippen LogP contribution in [0.2, 0.25) is 5.02 Å². The van der Waals surface area contributed by atoms with Gasteiger partial charge in [-0.15, -0.1) is 0 Å². The van der Waals surface area contributed by atoms with Gasteiger partial charge in [0.05, 0.1) is 5.02 Å². The van der Waals surface area contributed by atoms with E-state index in [0.29, 0.717) is 23.7 Å². The Morgan fingerprint density at radius 2 is 2.22 bits per heavy atom. The molecule has 100 valence electrons. The molecule has 5 nitrogen and oxygen atoms in total. The molecule has 1 rings (SSSR count). The van der Waals surface area contributed by atoms with Crippen molar-refractivity contribution in [2.24, 2.45) is 0 Å². The van der Waals surface area contributed by atoms with E-state index in [1.54, 1.807) is 16.8 Å². The first-order chi connectivity index (χ1) is 8.54. The number of aliphatic carboxylic acids is 1. The van der Waals surface area contributed by atoms with E-state index in [9.17, 15) is 9.59 Å². The van der Waals surface area contributed by atoms with Crippen LogP contribution >= 0.6 is 11.6 Å². The van der Waals surface area contributed by atoms with Crippen LogP contribution in [0.25, 0.3) is 0 Å². The van der Waals surface area contributed by atoms with Crippen LogP contribution in [0.1, 0.15) is 36.7 Å². The zero-order valence-corrected chi connectivity index (χ0v) is 11.0. The Hall–Kier alpha value is -1.49. The van der Waals surface area contributed by atoms with Crippen LogP contribution in [0.4, 0.5) is 0 Å². The van der Waals surface area contributed by atoms with Gasteiger partial charge in [0.1, 0.15) is 5.69 Å². The maximum atomic E-state index is 11.9. The molecule has 0 saturated heterocycles. The van der Waals surface area contributed by atoms with Gasteiger partial charge in [0.25, 0.3) is 5.91 Å². The van der Waals surface area contributed by atoms with Gasteiger partial charge < -0.3 is 15.0 Å². The Kier molecular flexibility index (Phi) is 5.71. The zero-order valence-electron chi connectivity index (χ0n) is 10.3. The third-order valence-corrected chi connectivity index (χ3v) is 2.62. The second kappa shape index (κ2) is 7.06. The molecule has 0 spiro atoms. The predicted octanol–water partition coefficient (Wildman–Crippen LogP) is 2.15. The number of rotatable bonds is 7. The summed E-state index contributed by atoms with van der Waals surface area (Å²) in [4.78, 5) is 22.2. The van der Waals surface area contributed by atoms with Crippen molar-refractivity contribution in [1.29, 1.82) is 0 Å². The lowest BCUT2D eigenvalue weighted by atomic mass is 10.3. The lowest BCUT2D eigenvalue weighted by molar-refractivity contribution is -0.137. The molecule has 0 aromatic carbocycles. The summed E-state index contributed by atoms with van der Waals surface area (Å²) in [6.45, 7) is 3.09. The summed E-state index contributed by atoms with van der Waals surface area (Å²) in [7, 11) is 0. The molecule has 0 fully saturated rings. The fourth-order valence-electron chi connectivity index (χ4n) is 1.62. The molecule has 0 aliphatic rings. The number of halogens is 1. The molecule has 0 radical (unpaired) electrons. The highest BCUT2D eigenvalue weighted by Crippen LogP contribution is 2.14. The molecule has 0 aliphatic carbocycles. The fourth-order valence-corrected chi connectivity index (χ4v) is 1.84. The molecule has 6 heteroatoms. The number of hydrogen-bond acceptors (Lipinski definition) is 2. The SMILES string of the molecule is CCCn1cc(Cl)cc1C(=O)NCCCC(=O)O. The minimum atomic E-state index is -0.860. The van der Waals surface area contributed by atoms with Crippen LogP contribution in [-0.4, -0.2) is 28.1 Å². The zero-order chi connectivity index (χ0) is 13.5. The quantitative estimate of drug-likeness (QED) is 0.747. The van der Waals surface area contributed by atoms with Crippen molar-refractivity contribution in [3.8, 4) is 0 Å². The van der Waals surface area contributed by atoms with Gasteiger partial charge in [0, 0.05) is 25.7 Å². The monoisotopic (exact) mass is 272 g/mol. The van der Waals surface area contributed by atoms with Gasteiger partial charge in [-0.2, -0.15) is 0 Å². The Labute approximate surface area is 111 Å². The molecule has 0 bridgehead atoms. The van der Waals surface area contributed by atoms with Crippen molar-refractivity contribution in [2.45, 2.75) is 32.7 Å². The number of nitrogens with zero attached hydrogens (tertiary/aromatic N) is 1. The van der Waals surface area contributed by atoms with Gasteiger partial charge >= 0.3 is 5.97 Å². The highest BCUT2D eigenvalue weighted by molar-refractivity contribution is 6.31. The van der Waals surface area contributed by atoms with Crippen LogP contribution < -0.4 is 5.32 Å². The first-order valence-corrected chi connectivity index (χ1v) is 6.28. The predicted molar refractivity (Wildman–Crippen MR) is 68.9 cm³/mol. The molecule has 1 amide bonds. The molecule has 2 N–H and O–H groups in total. The first-order valence-electron chi connectivity index (χ1n) is 5.90. The third kappa shape index (κ3) is 4.41. The summed E-state index contributed by atoms with van der Waals surface area (Å²) in [5.74, 6) is -1.08. The normalized spacial score (nSPS) is 10.3. The maximum absolute atomic E-state index is 11.9. The van der Waals surface area contributed by atoms with Gasteiger partial charge in [0.2, 0.25) is 0 Å². The van der Waals surface area contributed by atoms with E-state index in [4.69, 9.17) is 16.7 Å². The van der Waals surface area contributed by atoms with Crippen molar-refractivity contribution in [1.82, 2.24) is 9.88 Å². The Morgan fingerprint density at radius 3 is 2.83 bits per heavy atom. The van der Waals surface area contributed by atoms with E-state index >= 15 is 0 Å². The molecule has 0 aliphatic heterocycles. The summed E-state index contributed by atoms with van der Waals surface area (Å²) >= 11 is 5.87. The van der Waals surface area contributed by atoms with Crippen molar-refractivity contribution >= 4 is 23.5 Å². The maximum Gasteiger partial charge on any atom is 0.303 e. The molecule has 18 heavy (non-hydrogen) atoms. The molecule has 1 aromatic heterocycles. The topological polar surface area (TPSA) is 71.3 Å². The Morgan fingerprint density at radius 1 is 1.50 bits per heavy atom. The van der Waals surface area contributed by atoms with Crippen LogP contribution in [0.15, 0.2) is 12.3 Å². The average Bonchev–Trinajstić information content (AvgIpc) is 2.66. The lowest BCUT2D eigenvalue weighted by Crippen LogP contribution is -2.27. The number of aryl methyl sites for hydroxylation is 1. The minimum Gasteiger partial charge on any atom is -0.481 e. The summed E-state index contributed by atoms with van der Waals surface area (Å²) in [5.41, 5.74) is 0.511. The van der Waals surface area contributed by atoms with Crippen molar-refractivity contribution in [3.63, 3.8) is 0 Å². The van der Waals surface area contributed by atoms with Crippen LogP contribution in [0, 0.1) is 0 Å². The Bertz CT molecular complexity index is 429. The van der Waals surface area contributed by atoms with Gasteiger partial charge in [0.15, 0.2) is 0 Å². The average molecular weight is 273 g/mol. The van der Waals surface area contributed by atoms with Gasteiger partial charge in [-0.05, 0) is 18.9 Å². The summed E-state index contributed by atoms with van der Waals surface area (Å²) in [6, 6.07) is 1.61. The third-order valence-electron chi connectivity index (χ3n) is 2.41. The molecule has 1 heterocycles. The number of carboxylic acid groups (broad SMARTS) is 1. The fraction of sp³-hybridized carbons (Fsp3) is 0.500. The van der Waals surface area contributed by atoms with E-state index in [-0.39, 0.29) is 12.3 Å². The molecule has 0 atom stereocenters. The second-order valence-corrected chi connectivity index (χ2v) is 4.43. The standard InChI is InChI=1S/C12H17ClN2O3/c1-2-6-15-8-9(13)7-10(15)12(18)14-5-3-4-11(16)17/h7-8H,2-6H2,1H3,(H,14,18)(H,16,17). The van der Waals surface area contributed by atoms with Crippen LogP contribution in [0.3, 0.4) is 0 Å². The molecular weight excluding hydrogens is 256 g/mol. The van der Waals surface area contributed by atoms with E-state index < -0.39 is 5.97 Å². The van der Waals surface area contributed by atoms with E-state index in [1.165, 1.54) is 0 Å². The number of hydrogen-bond donors (Lipinski definition) is 2. The highest BCUT2D eigenvalue weighted by Gasteiger charge is 2.12. The number of nitrogens with one attached hydrogen (secondary N) is 1. The molecule has 0 saturated carbocycles.